The van der Waals surface area contributed by atoms with Gasteiger partial charge in [0.1, 0.15) is 0 Å². The third-order valence-electron chi connectivity index (χ3n) is 2.53. The van der Waals surface area contributed by atoms with Gasteiger partial charge in [0.15, 0.2) is 0 Å². The van der Waals surface area contributed by atoms with Gasteiger partial charge in [-0.15, -0.1) is 0 Å². The Kier molecular flexibility index (Phi) is 3.53. The molecule has 0 spiro atoms. The van der Waals surface area contributed by atoms with E-state index in [2.05, 4.69) is 17.6 Å². The summed E-state index contributed by atoms with van der Waals surface area (Å²) >= 11 is 0. The minimum atomic E-state index is 0.217. The third-order valence-corrected chi connectivity index (χ3v) is 2.53. The molecule has 1 amide bonds. The van der Waals surface area contributed by atoms with Crippen molar-refractivity contribution in [3.8, 4) is 0 Å². The van der Waals surface area contributed by atoms with Crippen LogP contribution in [-0.4, -0.2) is 25.5 Å². The number of hydrogen-bond donors (Lipinski definition) is 2. The van der Waals surface area contributed by atoms with Crippen LogP contribution in [0.25, 0.3) is 0 Å². The zero-order valence-electron chi connectivity index (χ0n) is 7.89. The maximum absolute atomic E-state index is 11.0. The molecule has 1 fully saturated rings. The Morgan fingerprint density at radius 1 is 1.75 bits per heavy atom. The molecule has 0 aliphatic carbocycles. The SMILES string of the molecule is CNC(C)CC1CCNC(=O)C1. The van der Waals surface area contributed by atoms with Crippen LogP contribution >= 0.6 is 0 Å². The van der Waals surface area contributed by atoms with E-state index in [1.807, 2.05) is 7.05 Å². The van der Waals surface area contributed by atoms with E-state index >= 15 is 0 Å². The van der Waals surface area contributed by atoms with Gasteiger partial charge in [0.05, 0.1) is 0 Å². The topological polar surface area (TPSA) is 41.1 Å². The first-order valence-electron chi connectivity index (χ1n) is 4.66. The van der Waals surface area contributed by atoms with Crippen molar-refractivity contribution in [2.45, 2.75) is 32.2 Å². The average Bonchev–Trinajstić information content (AvgIpc) is 2.04. The molecule has 70 valence electrons. The number of carbonyl (C=O) groups excluding carboxylic acids is 1. The fraction of sp³-hybridized carbons (Fsp3) is 0.889. The molecule has 0 saturated carbocycles. The standard InChI is InChI=1S/C9H18N2O/c1-7(10-2)5-8-3-4-11-9(12)6-8/h7-8,10H,3-6H2,1-2H3,(H,11,12). The van der Waals surface area contributed by atoms with Crippen molar-refractivity contribution in [3.63, 3.8) is 0 Å². The van der Waals surface area contributed by atoms with Crippen LogP contribution in [0.15, 0.2) is 0 Å². The van der Waals surface area contributed by atoms with Gasteiger partial charge in [-0.2, -0.15) is 0 Å². The summed E-state index contributed by atoms with van der Waals surface area (Å²) < 4.78 is 0. The summed E-state index contributed by atoms with van der Waals surface area (Å²) in [4.78, 5) is 11.0. The maximum Gasteiger partial charge on any atom is 0.220 e. The molecule has 2 N–H and O–H groups in total. The summed E-state index contributed by atoms with van der Waals surface area (Å²) in [6.07, 6.45) is 2.97. The predicted molar refractivity (Wildman–Crippen MR) is 48.9 cm³/mol. The summed E-state index contributed by atoms with van der Waals surface area (Å²) in [6.45, 7) is 3.02. The van der Waals surface area contributed by atoms with Gasteiger partial charge in [-0.25, -0.2) is 0 Å². The lowest BCUT2D eigenvalue weighted by Gasteiger charge is -2.24. The second-order valence-electron chi connectivity index (χ2n) is 3.63. The first kappa shape index (κ1) is 9.52. The van der Waals surface area contributed by atoms with Crippen LogP contribution in [0.4, 0.5) is 0 Å². The highest BCUT2D eigenvalue weighted by Gasteiger charge is 2.19. The van der Waals surface area contributed by atoms with Crippen LogP contribution in [0.2, 0.25) is 0 Å². The monoisotopic (exact) mass is 170 g/mol. The molecule has 0 bridgehead atoms. The van der Waals surface area contributed by atoms with E-state index < -0.39 is 0 Å². The molecule has 1 rings (SSSR count). The van der Waals surface area contributed by atoms with Crippen molar-refractivity contribution in [1.82, 2.24) is 10.6 Å². The Hall–Kier alpha value is -0.570. The zero-order chi connectivity index (χ0) is 8.97. The molecule has 1 aliphatic rings. The van der Waals surface area contributed by atoms with E-state index in [9.17, 15) is 4.79 Å². The molecule has 0 aromatic carbocycles. The molecule has 1 saturated heterocycles. The van der Waals surface area contributed by atoms with Crippen molar-refractivity contribution >= 4 is 5.91 Å². The van der Waals surface area contributed by atoms with Gasteiger partial charge < -0.3 is 10.6 Å². The molecule has 1 heterocycles. The van der Waals surface area contributed by atoms with E-state index in [4.69, 9.17) is 0 Å². The van der Waals surface area contributed by atoms with Gasteiger partial charge in [0, 0.05) is 19.0 Å². The Morgan fingerprint density at radius 3 is 3.08 bits per heavy atom. The lowest BCUT2D eigenvalue weighted by molar-refractivity contribution is -0.123. The van der Waals surface area contributed by atoms with Crippen molar-refractivity contribution in [3.05, 3.63) is 0 Å². The quantitative estimate of drug-likeness (QED) is 0.648. The van der Waals surface area contributed by atoms with Crippen molar-refractivity contribution < 1.29 is 4.79 Å². The van der Waals surface area contributed by atoms with E-state index in [-0.39, 0.29) is 5.91 Å². The number of carbonyl (C=O) groups is 1. The summed E-state index contributed by atoms with van der Waals surface area (Å²) in [5, 5.41) is 6.04. The molecule has 0 radical (unpaired) electrons. The van der Waals surface area contributed by atoms with Crippen LogP contribution in [0.5, 0.6) is 0 Å². The fourth-order valence-electron chi connectivity index (χ4n) is 1.67. The summed E-state index contributed by atoms with van der Waals surface area (Å²) in [6, 6.07) is 0.529. The molecule has 2 unspecified atom stereocenters. The molecule has 0 aromatic heterocycles. The zero-order valence-corrected chi connectivity index (χ0v) is 7.89. The van der Waals surface area contributed by atoms with E-state index in [0.717, 1.165) is 19.4 Å². The second kappa shape index (κ2) is 4.45. The van der Waals surface area contributed by atoms with Crippen LogP contribution in [0, 0.1) is 5.92 Å². The number of piperidine rings is 1. The first-order valence-corrected chi connectivity index (χ1v) is 4.66. The minimum absolute atomic E-state index is 0.217. The average molecular weight is 170 g/mol. The largest absolute Gasteiger partial charge is 0.356 e. The van der Waals surface area contributed by atoms with E-state index in [0.29, 0.717) is 18.4 Å². The number of amides is 1. The van der Waals surface area contributed by atoms with Gasteiger partial charge in [0.25, 0.3) is 0 Å². The molecule has 0 aromatic rings. The highest BCUT2D eigenvalue weighted by molar-refractivity contribution is 5.76. The summed E-state index contributed by atoms with van der Waals surface area (Å²) in [5.74, 6) is 0.802. The lowest BCUT2D eigenvalue weighted by atomic mass is 9.91. The van der Waals surface area contributed by atoms with Crippen molar-refractivity contribution in [2.75, 3.05) is 13.6 Å². The van der Waals surface area contributed by atoms with Crippen molar-refractivity contribution in [1.29, 1.82) is 0 Å². The molecule has 3 nitrogen and oxygen atoms in total. The van der Waals surface area contributed by atoms with Crippen LogP contribution in [0.3, 0.4) is 0 Å². The number of nitrogens with one attached hydrogen (secondary N) is 2. The number of rotatable bonds is 3. The summed E-state index contributed by atoms with van der Waals surface area (Å²) in [5.41, 5.74) is 0. The Bertz CT molecular complexity index is 159. The molecule has 1 aliphatic heterocycles. The number of hydrogen-bond acceptors (Lipinski definition) is 2. The van der Waals surface area contributed by atoms with Gasteiger partial charge in [-0.05, 0) is 32.7 Å². The molecule has 2 atom stereocenters. The van der Waals surface area contributed by atoms with E-state index in [1.54, 1.807) is 0 Å². The molecule has 12 heavy (non-hydrogen) atoms. The lowest BCUT2D eigenvalue weighted by Crippen LogP contribution is -2.36. The normalized spacial score (nSPS) is 26.5. The smallest absolute Gasteiger partial charge is 0.220 e. The van der Waals surface area contributed by atoms with Crippen molar-refractivity contribution in [2.24, 2.45) is 5.92 Å². The fourth-order valence-corrected chi connectivity index (χ4v) is 1.67. The Labute approximate surface area is 73.9 Å². The maximum atomic E-state index is 11.0. The van der Waals surface area contributed by atoms with Gasteiger partial charge >= 0.3 is 0 Å². The Morgan fingerprint density at radius 2 is 2.50 bits per heavy atom. The summed E-state index contributed by atoms with van der Waals surface area (Å²) in [7, 11) is 1.97. The van der Waals surface area contributed by atoms with Gasteiger partial charge in [-0.1, -0.05) is 0 Å². The minimum Gasteiger partial charge on any atom is -0.356 e. The highest BCUT2D eigenvalue weighted by atomic mass is 16.1. The third kappa shape index (κ3) is 2.81. The van der Waals surface area contributed by atoms with E-state index in [1.165, 1.54) is 0 Å². The van der Waals surface area contributed by atoms with Crippen LogP contribution in [-0.2, 0) is 4.79 Å². The Balaban J connectivity index is 2.27. The van der Waals surface area contributed by atoms with Gasteiger partial charge in [-0.3, -0.25) is 4.79 Å². The predicted octanol–water partition coefficient (Wildman–Crippen LogP) is 0.511. The molecular weight excluding hydrogens is 152 g/mol. The van der Waals surface area contributed by atoms with Crippen LogP contribution in [0.1, 0.15) is 26.2 Å². The highest BCUT2D eigenvalue weighted by Crippen LogP contribution is 2.17. The molecular formula is C9H18N2O. The van der Waals surface area contributed by atoms with Crippen LogP contribution < -0.4 is 10.6 Å². The second-order valence-corrected chi connectivity index (χ2v) is 3.63. The molecule has 3 heteroatoms. The first-order chi connectivity index (χ1) is 5.72. The van der Waals surface area contributed by atoms with Gasteiger partial charge in [0.2, 0.25) is 5.91 Å².